The van der Waals surface area contributed by atoms with Gasteiger partial charge in [-0.3, -0.25) is 9.59 Å². The number of carbonyl (C=O) groups excluding carboxylic acids is 2. The van der Waals surface area contributed by atoms with Crippen LogP contribution >= 0.6 is 0 Å². The number of ether oxygens (including phenoxy) is 2. The number of ketones is 1. The second-order valence-corrected chi connectivity index (χ2v) is 5.73. The van der Waals surface area contributed by atoms with Crippen molar-refractivity contribution in [2.75, 3.05) is 6.61 Å². The predicted molar refractivity (Wildman–Crippen MR) is 85.7 cm³/mol. The van der Waals surface area contributed by atoms with Gasteiger partial charge in [0.25, 0.3) is 0 Å². The highest BCUT2D eigenvalue weighted by atomic mass is 16.5. The molecule has 4 heteroatoms. The molecule has 0 fully saturated rings. The van der Waals surface area contributed by atoms with E-state index in [9.17, 15) is 9.59 Å². The summed E-state index contributed by atoms with van der Waals surface area (Å²) in [7, 11) is 0. The van der Waals surface area contributed by atoms with E-state index in [1.165, 1.54) is 6.92 Å². The lowest BCUT2D eigenvalue weighted by Gasteiger charge is -2.14. The Morgan fingerprint density at radius 2 is 2.00 bits per heavy atom. The average Bonchev–Trinajstić information content (AvgIpc) is 2.70. The molecule has 0 radical (unpaired) electrons. The standard InChI is InChI=1S/C19H18O4/c1-12(10-22-13(2)20)14-7-8-18-17(9-14)19(21)16-6-4-3-5-15(16)11-23-18/h3-9,12H,10-11H2,1-2H3/t12-/m1/s1. The Morgan fingerprint density at radius 1 is 1.22 bits per heavy atom. The molecule has 2 aromatic rings. The topological polar surface area (TPSA) is 52.6 Å². The van der Waals surface area contributed by atoms with Gasteiger partial charge in [-0.2, -0.15) is 0 Å². The molecular formula is C19H18O4. The molecule has 4 nitrogen and oxygen atoms in total. The number of benzene rings is 2. The fourth-order valence-corrected chi connectivity index (χ4v) is 2.66. The monoisotopic (exact) mass is 310 g/mol. The lowest BCUT2D eigenvalue weighted by Crippen LogP contribution is -2.09. The van der Waals surface area contributed by atoms with Crippen molar-refractivity contribution in [2.24, 2.45) is 0 Å². The maximum absolute atomic E-state index is 12.8. The van der Waals surface area contributed by atoms with Crippen LogP contribution in [0.15, 0.2) is 42.5 Å². The largest absolute Gasteiger partial charge is 0.488 e. The summed E-state index contributed by atoms with van der Waals surface area (Å²) >= 11 is 0. The first kappa shape index (κ1) is 15.3. The Kier molecular flexibility index (Phi) is 4.15. The van der Waals surface area contributed by atoms with Crippen LogP contribution in [0.1, 0.15) is 46.8 Å². The second kappa shape index (κ2) is 6.24. The van der Waals surface area contributed by atoms with Crippen molar-refractivity contribution in [1.29, 1.82) is 0 Å². The fourth-order valence-electron chi connectivity index (χ4n) is 2.66. The third-order valence-corrected chi connectivity index (χ3v) is 4.00. The van der Waals surface area contributed by atoms with E-state index in [-0.39, 0.29) is 17.7 Å². The summed E-state index contributed by atoms with van der Waals surface area (Å²) < 4.78 is 10.8. The molecule has 1 heterocycles. The van der Waals surface area contributed by atoms with E-state index in [1.807, 2.05) is 49.4 Å². The van der Waals surface area contributed by atoms with Crippen LogP contribution in [0.5, 0.6) is 5.75 Å². The first-order valence-electron chi connectivity index (χ1n) is 7.59. The van der Waals surface area contributed by atoms with Crippen molar-refractivity contribution in [3.8, 4) is 5.75 Å². The number of fused-ring (bicyclic) bond motifs is 2. The number of rotatable bonds is 3. The summed E-state index contributed by atoms with van der Waals surface area (Å²) in [4.78, 5) is 23.8. The molecule has 0 saturated carbocycles. The van der Waals surface area contributed by atoms with Crippen LogP contribution in [-0.2, 0) is 16.1 Å². The molecular weight excluding hydrogens is 292 g/mol. The Balaban J connectivity index is 1.94. The van der Waals surface area contributed by atoms with E-state index >= 15 is 0 Å². The second-order valence-electron chi connectivity index (χ2n) is 5.73. The molecule has 0 spiro atoms. The molecule has 1 atom stereocenters. The van der Waals surface area contributed by atoms with Crippen LogP contribution in [0.2, 0.25) is 0 Å². The average molecular weight is 310 g/mol. The lowest BCUT2D eigenvalue weighted by molar-refractivity contribution is -0.141. The van der Waals surface area contributed by atoms with Crippen molar-refractivity contribution < 1.29 is 19.1 Å². The fraction of sp³-hybridized carbons (Fsp3) is 0.263. The van der Waals surface area contributed by atoms with Gasteiger partial charge < -0.3 is 9.47 Å². The van der Waals surface area contributed by atoms with Crippen molar-refractivity contribution in [3.63, 3.8) is 0 Å². The van der Waals surface area contributed by atoms with Gasteiger partial charge in [-0.15, -0.1) is 0 Å². The minimum absolute atomic E-state index is 0.00972. The molecule has 1 aliphatic rings. The zero-order chi connectivity index (χ0) is 16.4. The van der Waals surface area contributed by atoms with E-state index < -0.39 is 0 Å². The van der Waals surface area contributed by atoms with Gasteiger partial charge in [0, 0.05) is 24.0 Å². The summed E-state index contributed by atoms with van der Waals surface area (Å²) in [6.45, 7) is 4.02. The Labute approximate surface area is 135 Å². The molecule has 0 saturated heterocycles. The minimum atomic E-state index is -0.306. The highest BCUT2D eigenvalue weighted by molar-refractivity contribution is 6.12. The first-order chi connectivity index (χ1) is 11.1. The number of esters is 1. The summed E-state index contributed by atoms with van der Waals surface area (Å²) in [5.41, 5.74) is 3.07. The molecule has 2 aromatic carbocycles. The maximum Gasteiger partial charge on any atom is 0.302 e. The van der Waals surface area contributed by atoms with E-state index in [4.69, 9.17) is 9.47 Å². The van der Waals surface area contributed by atoms with E-state index in [0.717, 1.165) is 11.1 Å². The van der Waals surface area contributed by atoms with Crippen LogP contribution in [0.4, 0.5) is 0 Å². The zero-order valence-corrected chi connectivity index (χ0v) is 13.2. The quantitative estimate of drug-likeness (QED) is 0.815. The van der Waals surface area contributed by atoms with Crippen LogP contribution in [-0.4, -0.2) is 18.4 Å². The summed E-state index contributed by atoms with van der Waals surface area (Å²) in [5.74, 6) is 0.264. The molecule has 0 amide bonds. The van der Waals surface area contributed by atoms with E-state index in [0.29, 0.717) is 30.1 Å². The van der Waals surface area contributed by atoms with Gasteiger partial charge in [-0.05, 0) is 17.7 Å². The highest BCUT2D eigenvalue weighted by Crippen LogP contribution is 2.31. The van der Waals surface area contributed by atoms with E-state index in [2.05, 4.69) is 0 Å². The third-order valence-electron chi connectivity index (χ3n) is 4.00. The normalized spacial score (nSPS) is 14.1. The molecule has 3 rings (SSSR count). The van der Waals surface area contributed by atoms with Gasteiger partial charge in [0.1, 0.15) is 12.4 Å². The van der Waals surface area contributed by atoms with Crippen molar-refractivity contribution >= 4 is 11.8 Å². The number of hydrogen-bond donors (Lipinski definition) is 0. The molecule has 118 valence electrons. The van der Waals surface area contributed by atoms with Crippen LogP contribution in [0.25, 0.3) is 0 Å². The molecule has 0 N–H and O–H groups in total. The number of carbonyl (C=O) groups is 2. The Morgan fingerprint density at radius 3 is 2.78 bits per heavy atom. The molecule has 23 heavy (non-hydrogen) atoms. The Bertz CT molecular complexity index is 764. The van der Waals surface area contributed by atoms with Crippen LogP contribution < -0.4 is 4.74 Å². The maximum atomic E-state index is 12.8. The van der Waals surface area contributed by atoms with Gasteiger partial charge in [0.2, 0.25) is 0 Å². The number of hydrogen-bond acceptors (Lipinski definition) is 4. The van der Waals surface area contributed by atoms with Crippen molar-refractivity contribution in [2.45, 2.75) is 26.4 Å². The highest BCUT2D eigenvalue weighted by Gasteiger charge is 2.23. The SMILES string of the molecule is CC(=O)OC[C@@H](C)c1ccc2c(c1)C(=O)c1ccccc1CO2. The van der Waals surface area contributed by atoms with Crippen molar-refractivity contribution in [3.05, 3.63) is 64.7 Å². The smallest absolute Gasteiger partial charge is 0.302 e. The molecule has 0 aliphatic carbocycles. The summed E-state index contributed by atoms with van der Waals surface area (Å²) in [5, 5.41) is 0. The summed E-state index contributed by atoms with van der Waals surface area (Å²) in [6.07, 6.45) is 0. The van der Waals surface area contributed by atoms with Gasteiger partial charge >= 0.3 is 5.97 Å². The third kappa shape index (κ3) is 3.11. The van der Waals surface area contributed by atoms with Gasteiger partial charge in [0.05, 0.1) is 12.2 Å². The van der Waals surface area contributed by atoms with Crippen molar-refractivity contribution in [1.82, 2.24) is 0 Å². The van der Waals surface area contributed by atoms with Crippen LogP contribution in [0, 0.1) is 0 Å². The van der Waals surface area contributed by atoms with Gasteiger partial charge in [-0.25, -0.2) is 0 Å². The van der Waals surface area contributed by atoms with E-state index in [1.54, 1.807) is 0 Å². The minimum Gasteiger partial charge on any atom is -0.488 e. The van der Waals surface area contributed by atoms with Crippen LogP contribution in [0.3, 0.4) is 0 Å². The first-order valence-corrected chi connectivity index (χ1v) is 7.59. The molecule has 0 unspecified atom stereocenters. The van der Waals surface area contributed by atoms with Gasteiger partial charge in [-0.1, -0.05) is 37.3 Å². The van der Waals surface area contributed by atoms with Gasteiger partial charge in [0.15, 0.2) is 5.78 Å². The lowest BCUT2D eigenvalue weighted by atomic mass is 9.94. The summed E-state index contributed by atoms with van der Waals surface area (Å²) in [6, 6.07) is 13.1. The molecule has 0 aromatic heterocycles. The predicted octanol–water partition coefficient (Wildman–Crippen LogP) is 3.48. The molecule has 0 bridgehead atoms. The zero-order valence-electron chi connectivity index (χ0n) is 13.2. The molecule has 1 aliphatic heterocycles. The Hall–Kier alpha value is -2.62.